The van der Waals surface area contributed by atoms with Crippen molar-refractivity contribution in [3.05, 3.63) is 122 Å². The van der Waals surface area contributed by atoms with Crippen LogP contribution in [0.1, 0.15) is 81.0 Å². The Morgan fingerprint density at radius 1 is 0.500 bits per heavy atom. The predicted octanol–water partition coefficient (Wildman–Crippen LogP) is 3.46. The molecule has 0 aliphatic heterocycles. The number of aliphatic hydroxyl groups is 6. The maximum Gasteiger partial charge on any atom is 0.126 e. The summed E-state index contributed by atoms with van der Waals surface area (Å²) in [6, 6.07) is 17.9. The fraction of sp³-hybridized carbons (Fsp3) is 0.314. The quantitative estimate of drug-likeness (QED) is 0.109. The first kappa shape index (κ1) is 32.9. The van der Waals surface area contributed by atoms with Crippen LogP contribution in [0, 0.1) is 0 Å². The summed E-state index contributed by atoms with van der Waals surface area (Å²) in [5, 5.41) is 90.6. The van der Waals surface area contributed by atoms with E-state index >= 15 is 0 Å². The first-order valence-electron chi connectivity index (χ1n) is 14.4. The summed E-state index contributed by atoms with van der Waals surface area (Å²) in [7, 11) is 0. The van der Waals surface area contributed by atoms with Crippen LogP contribution in [0.5, 0.6) is 17.2 Å². The lowest BCUT2D eigenvalue weighted by molar-refractivity contribution is 0.262. The third-order valence-corrected chi connectivity index (χ3v) is 8.64. The van der Waals surface area contributed by atoms with Crippen LogP contribution in [0.3, 0.4) is 0 Å². The van der Waals surface area contributed by atoms with Crippen LogP contribution in [0.4, 0.5) is 0 Å². The van der Waals surface area contributed by atoms with Crippen molar-refractivity contribution in [2.45, 2.75) is 71.2 Å². The largest absolute Gasteiger partial charge is 0.507 e. The zero-order chi connectivity index (χ0) is 32.2. The summed E-state index contributed by atoms with van der Waals surface area (Å²) >= 11 is 0. The molecule has 0 aliphatic carbocycles. The molecule has 4 rings (SSSR count). The van der Waals surface area contributed by atoms with Gasteiger partial charge in [-0.2, -0.15) is 0 Å². The zero-order valence-corrected chi connectivity index (χ0v) is 24.8. The Kier molecular flexibility index (Phi) is 10.3. The Morgan fingerprint density at radius 3 is 1.14 bits per heavy atom. The number of hydrogen-bond acceptors (Lipinski definition) is 9. The topological polar surface area (TPSA) is 182 Å². The van der Waals surface area contributed by atoms with E-state index in [9.17, 15) is 46.0 Å². The zero-order valence-electron chi connectivity index (χ0n) is 24.8. The van der Waals surface area contributed by atoms with Crippen molar-refractivity contribution in [3.63, 3.8) is 0 Å². The molecule has 0 saturated carbocycles. The van der Waals surface area contributed by atoms with E-state index in [2.05, 4.69) is 0 Å². The van der Waals surface area contributed by atoms with Gasteiger partial charge in [0.25, 0.3) is 0 Å². The number of rotatable bonds is 12. The summed E-state index contributed by atoms with van der Waals surface area (Å²) in [6.45, 7) is 1.39. The third kappa shape index (κ3) is 6.16. The summed E-state index contributed by atoms with van der Waals surface area (Å²) in [6.07, 6.45) is 0.576. The molecule has 4 aromatic carbocycles. The molecule has 1 unspecified atom stereocenters. The lowest BCUT2D eigenvalue weighted by atomic mass is 9.69. The number of phenols is 3. The van der Waals surface area contributed by atoms with Crippen molar-refractivity contribution in [3.8, 4) is 17.2 Å². The molecule has 0 radical (unpaired) electrons. The molecule has 0 heterocycles. The number of aromatic hydroxyl groups is 3. The van der Waals surface area contributed by atoms with Crippen molar-refractivity contribution in [1.82, 2.24) is 0 Å². The standard InChI is InChI=1S/C35H40O9/c1-20(7-21-8-23(14-36)32(42)24(9-21)15-37)22-3-5-29(6-4-22)35(2,30-10-25(16-38)33(43)26(11-30)17-39)31-12-27(18-40)34(44)28(13-31)19-41/h3-6,8-13,20,36-44H,7,14-19H2,1-2H3. The minimum absolute atomic E-state index is 0.0178. The Bertz CT molecular complexity index is 1480. The van der Waals surface area contributed by atoms with E-state index in [1.165, 1.54) is 0 Å². The summed E-state index contributed by atoms with van der Waals surface area (Å²) in [4.78, 5) is 0. The third-order valence-electron chi connectivity index (χ3n) is 8.64. The van der Waals surface area contributed by atoms with Crippen LogP contribution < -0.4 is 0 Å². The van der Waals surface area contributed by atoms with Gasteiger partial charge in [-0.25, -0.2) is 0 Å². The van der Waals surface area contributed by atoms with Gasteiger partial charge in [-0.15, -0.1) is 0 Å². The fourth-order valence-corrected chi connectivity index (χ4v) is 5.89. The van der Waals surface area contributed by atoms with Gasteiger partial charge in [0.15, 0.2) is 0 Å². The highest BCUT2D eigenvalue weighted by molar-refractivity contribution is 5.57. The van der Waals surface area contributed by atoms with Crippen molar-refractivity contribution < 1.29 is 46.0 Å². The molecule has 0 saturated heterocycles. The monoisotopic (exact) mass is 604 g/mol. The number of hydrogen-bond donors (Lipinski definition) is 9. The van der Waals surface area contributed by atoms with Gasteiger partial charge in [0.1, 0.15) is 17.2 Å². The summed E-state index contributed by atoms with van der Waals surface area (Å²) < 4.78 is 0. The molecule has 9 heteroatoms. The van der Waals surface area contributed by atoms with Crippen molar-refractivity contribution >= 4 is 0 Å². The molecule has 9 N–H and O–H groups in total. The van der Waals surface area contributed by atoms with Gasteiger partial charge in [0, 0.05) is 38.8 Å². The Labute approximate surface area is 256 Å². The average molecular weight is 605 g/mol. The van der Waals surface area contributed by atoms with Gasteiger partial charge >= 0.3 is 0 Å². The predicted molar refractivity (Wildman–Crippen MR) is 164 cm³/mol. The van der Waals surface area contributed by atoms with Crippen molar-refractivity contribution in [1.29, 1.82) is 0 Å². The van der Waals surface area contributed by atoms with Gasteiger partial charge in [0.05, 0.1) is 39.6 Å². The highest BCUT2D eigenvalue weighted by Gasteiger charge is 2.34. The summed E-state index contributed by atoms with van der Waals surface area (Å²) in [5.74, 6) is -0.498. The van der Waals surface area contributed by atoms with Crippen LogP contribution in [-0.2, 0) is 51.5 Å². The molecule has 44 heavy (non-hydrogen) atoms. The van der Waals surface area contributed by atoms with Crippen molar-refractivity contribution in [2.75, 3.05) is 0 Å². The molecule has 0 spiro atoms. The molecule has 0 fully saturated rings. The van der Waals surface area contributed by atoms with Crippen LogP contribution in [0.15, 0.2) is 60.7 Å². The second-order valence-electron chi connectivity index (χ2n) is 11.3. The van der Waals surface area contributed by atoms with Gasteiger partial charge in [0.2, 0.25) is 0 Å². The van der Waals surface area contributed by atoms with E-state index in [0.29, 0.717) is 28.7 Å². The van der Waals surface area contributed by atoms with Crippen LogP contribution in [0.25, 0.3) is 0 Å². The minimum atomic E-state index is -0.992. The normalized spacial score (nSPS) is 12.5. The van der Waals surface area contributed by atoms with E-state index in [1.54, 1.807) is 36.4 Å². The van der Waals surface area contributed by atoms with Gasteiger partial charge in [-0.1, -0.05) is 31.2 Å². The van der Waals surface area contributed by atoms with E-state index < -0.39 is 31.8 Å². The van der Waals surface area contributed by atoms with E-state index in [0.717, 1.165) is 16.7 Å². The molecular formula is C35H40O9. The van der Waals surface area contributed by atoms with E-state index in [-0.39, 0.29) is 58.6 Å². The second-order valence-corrected chi connectivity index (χ2v) is 11.3. The summed E-state index contributed by atoms with van der Waals surface area (Å²) in [5.41, 5.74) is 4.50. The molecule has 0 aliphatic rings. The maximum atomic E-state index is 10.6. The number of benzene rings is 4. The van der Waals surface area contributed by atoms with Gasteiger partial charge < -0.3 is 46.0 Å². The molecule has 234 valence electrons. The van der Waals surface area contributed by atoms with Crippen LogP contribution in [0.2, 0.25) is 0 Å². The Balaban J connectivity index is 1.83. The highest BCUT2D eigenvalue weighted by Crippen LogP contribution is 2.44. The Morgan fingerprint density at radius 2 is 0.818 bits per heavy atom. The molecule has 0 bridgehead atoms. The lowest BCUT2D eigenvalue weighted by Crippen LogP contribution is -2.26. The first-order chi connectivity index (χ1) is 21.0. The fourth-order valence-electron chi connectivity index (χ4n) is 5.89. The average Bonchev–Trinajstić information content (AvgIpc) is 3.05. The lowest BCUT2D eigenvalue weighted by Gasteiger charge is -2.34. The van der Waals surface area contributed by atoms with Crippen molar-refractivity contribution in [2.24, 2.45) is 0 Å². The second kappa shape index (κ2) is 13.8. The maximum absolute atomic E-state index is 10.6. The van der Waals surface area contributed by atoms with Gasteiger partial charge in [-0.05, 0) is 83.5 Å². The molecule has 9 nitrogen and oxygen atoms in total. The molecular weight excluding hydrogens is 564 g/mol. The molecule has 0 aromatic heterocycles. The van der Waals surface area contributed by atoms with E-state index in [1.807, 2.05) is 38.1 Å². The van der Waals surface area contributed by atoms with Crippen LogP contribution in [-0.4, -0.2) is 46.0 Å². The minimum Gasteiger partial charge on any atom is -0.507 e. The first-order valence-corrected chi connectivity index (χ1v) is 14.4. The molecule has 1 atom stereocenters. The smallest absolute Gasteiger partial charge is 0.126 e. The van der Waals surface area contributed by atoms with Gasteiger partial charge in [-0.3, -0.25) is 0 Å². The van der Waals surface area contributed by atoms with E-state index in [4.69, 9.17) is 0 Å². The Hall–Kier alpha value is -3.96. The SMILES string of the molecule is CC(Cc1cc(CO)c(O)c(CO)c1)c1ccc(C(C)(c2cc(CO)c(O)c(CO)c2)c2cc(CO)c(O)c(CO)c2)cc1. The number of aliphatic hydroxyl groups excluding tert-OH is 6. The molecule has 0 amide bonds. The highest BCUT2D eigenvalue weighted by atomic mass is 16.3. The molecule has 4 aromatic rings. The van der Waals surface area contributed by atoms with Crippen LogP contribution >= 0.6 is 0 Å².